The number of aliphatic hydroxyl groups excluding tert-OH is 8. The van der Waals surface area contributed by atoms with E-state index in [2.05, 4.69) is 46.6 Å². The number of benzene rings is 1. The number of unbranched alkanes of at least 4 members (excludes halogenated alkanes) is 5. The minimum Gasteiger partial charge on any atom is -0.404 e. The van der Waals surface area contributed by atoms with E-state index in [1.807, 2.05) is 5.32 Å². The highest BCUT2D eigenvalue weighted by Crippen LogP contribution is 2.38. The zero-order valence-electron chi connectivity index (χ0n) is 44.8. The number of phosphoric acid groups is 1. The average molecular weight is 1150 g/mol. The lowest BCUT2D eigenvalue weighted by molar-refractivity contribution is -0.149. The van der Waals surface area contributed by atoms with Gasteiger partial charge in [0.25, 0.3) is 0 Å². The third kappa shape index (κ3) is 19.7. The molecule has 3 heterocycles. The van der Waals surface area contributed by atoms with E-state index in [1.54, 1.807) is 0 Å². The number of rotatable bonds is 22. The van der Waals surface area contributed by atoms with Crippen molar-refractivity contribution >= 4 is 55.1 Å². The summed E-state index contributed by atoms with van der Waals surface area (Å²) in [6.45, 7) is 6.62. The Morgan fingerprint density at radius 2 is 1.34 bits per heavy atom. The van der Waals surface area contributed by atoms with Gasteiger partial charge in [-0.25, -0.2) is 4.57 Å². The Morgan fingerprint density at radius 1 is 0.747 bits per heavy atom. The summed E-state index contributed by atoms with van der Waals surface area (Å²) in [7, 11) is -5.07. The third-order valence-electron chi connectivity index (χ3n) is 14.5. The maximum absolute atomic E-state index is 14.5. The van der Waals surface area contributed by atoms with Crippen molar-refractivity contribution in [3.05, 3.63) is 29.8 Å². The van der Waals surface area contributed by atoms with E-state index in [0.29, 0.717) is 34.5 Å². The van der Waals surface area contributed by atoms with Gasteiger partial charge in [-0.2, -0.15) is 0 Å². The fraction of sp³-hybridized carbons (Fsp3) is 0.720. The molecule has 3 aliphatic heterocycles. The van der Waals surface area contributed by atoms with Crippen LogP contribution in [0.15, 0.2) is 24.3 Å². The number of hydrogen-bond donors (Lipinski definition) is 16. The van der Waals surface area contributed by atoms with Gasteiger partial charge < -0.3 is 87.5 Å². The average Bonchev–Trinajstić information content (AvgIpc) is 4.08. The molecule has 1 aromatic carbocycles. The van der Waals surface area contributed by atoms with Gasteiger partial charge >= 0.3 is 7.82 Å². The maximum atomic E-state index is 14.5. The van der Waals surface area contributed by atoms with E-state index < -0.39 is 178 Å². The molecule has 0 aromatic heterocycles. The smallest absolute Gasteiger partial charge is 0.404 e. The Kier molecular flexibility index (Phi) is 25.5. The van der Waals surface area contributed by atoms with Crippen LogP contribution in [0.5, 0.6) is 5.75 Å². The lowest BCUT2D eigenvalue weighted by Crippen LogP contribution is -2.64. The molecule has 29 heteroatoms. The number of primary amides is 1. The van der Waals surface area contributed by atoms with Crippen molar-refractivity contribution < 1.29 is 98.1 Å². The number of carbonyl (C=O) groups excluding carboxylic acids is 8. The fourth-order valence-corrected chi connectivity index (χ4v) is 10.4. The quantitative estimate of drug-likeness (QED) is 0.0394. The van der Waals surface area contributed by atoms with Gasteiger partial charge in [-0.05, 0) is 55.7 Å². The molecule has 446 valence electrons. The van der Waals surface area contributed by atoms with Crippen molar-refractivity contribution in [2.45, 2.75) is 203 Å². The molecule has 0 aliphatic carbocycles. The number of nitrogens with one attached hydrogen (secondary N) is 5. The van der Waals surface area contributed by atoms with E-state index in [4.69, 9.17) is 5.73 Å². The Morgan fingerprint density at radius 3 is 1.95 bits per heavy atom. The van der Waals surface area contributed by atoms with Crippen LogP contribution in [0.4, 0.5) is 0 Å². The molecule has 3 saturated heterocycles. The van der Waals surface area contributed by atoms with Crippen LogP contribution in [-0.4, -0.2) is 200 Å². The second-order valence-electron chi connectivity index (χ2n) is 21.1. The topological polar surface area (TPSA) is 458 Å². The molecule has 0 saturated carbocycles. The summed E-state index contributed by atoms with van der Waals surface area (Å²) in [5.74, 6) is -9.12. The van der Waals surface area contributed by atoms with Crippen molar-refractivity contribution in [3.63, 3.8) is 0 Å². The summed E-state index contributed by atoms with van der Waals surface area (Å²) >= 11 is 0. The molecule has 1 aromatic rings. The summed E-state index contributed by atoms with van der Waals surface area (Å²) < 4.78 is 15.9. The van der Waals surface area contributed by atoms with Crippen LogP contribution in [0.25, 0.3) is 0 Å². The molecular weight excluding hydrogens is 1060 g/mol. The first-order valence-electron chi connectivity index (χ1n) is 26.7. The van der Waals surface area contributed by atoms with Crippen molar-refractivity contribution in [1.29, 1.82) is 0 Å². The number of carbonyl (C=O) groups is 8. The van der Waals surface area contributed by atoms with Crippen molar-refractivity contribution in [1.82, 2.24) is 36.4 Å². The van der Waals surface area contributed by atoms with E-state index in [9.17, 15) is 93.6 Å². The highest BCUT2D eigenvalue weighted by Gasteiger charge is 2.49. The zero-order valence-corrected chi connectivity index (χ0v) is 45.7. The molecule has 0 spiro atoms. The summed E-state index contributed by atoms with van der Waals surface area (Å²) in [6.07, 6.45) is -11.0. The SMILES string of the molecule is CCC(C)CC(C)CCCCCCCCC(=O)NC1CC(O)C(O)NC(=O)C2C(O)CCN2C(=O)C(C(O)CC(N)=O)NC(=O)C(C(O)C(O)c2ccc(OP(=O)(O)O)cc2)NC(=O)C2CC(O)CN2C(=O)C(C(C)O)NC1=O. The summed E-state index contributed by atoms with van der Waals surface area (Å²) in [5.41, 5.74) is 5.05. The van der Waals surface area contributed by atoms with Crippen LogP contribution < -0.4 is 36.8 Å². The zero-order chi connectivity index (χ0) is 59.1. The molecule has 79 heavy (non-hydrogen) atoms. The number of nitrogens with zero attached hydrogens (tertiary/aromatic N) is 2. The fourth-order valence-electron chi connectivity index (χ4n) is 9.99. The first kappa shape index (κ1) is 66.1. The van der Waals surface area contributed by atoms with Crippen LogP contribution in [0.1, 0.15) is 129 Å². The third-order valence-corrected chi connectivity index (χ3v) is 15.0. The minimum absolute atomic E-state index is 0.102. The van der Waals surface area contributed by atoms with Crippen molar-refractivity contribution in [2.24, 2.45) is 17.6 Å². The molecular formula is C50H81N8O20P. The van der Waals surface area contributed by atoms with Crippen molar-refractivity contribution in [3.8, 4) is 5.75 Å². The number of nitrogens with two attached hydrogens (primary N) is 1. The summed E-state index contributed by atoms with van der Waals surface area (Å²) in [4.78, 5) is 131. The van der Waals surface area contributed by atoms with Crippen LogP contribution in [-0.2, 0) is 42.9 Å². The summed E-state index contributed by atoms with van der Waals surface area (Å²) in [6, 6.07) is -8.37. The van der Waals surface area contributed by atoms with E-state index in [-0.39, 0.29) is 18.4 Å². The standard InChI is InChI=1S/C50H81N8O20P/c1-5-25(2)20-26(3)12-10-8-6-7-9-11-13-37(65)52-31-22-35(63)46(70)56-48(72)41-33(61)18-19-57(41)50(74)39(34(62)23-36(51)64)54-47(71)40(43(67)42(66)28-14-16-30(17-15-28)78-79(75,76)77)55-45(69)32-21-29(60)24-58(32)49(73)38(27(4)59)53-44(31)68/h14-17,25-27,29,31-35,38-43,46,59-63,66-67,70H,5-13,18-24H2,1-4H3,(H2,51,64)(H,52,65)(H,53,68)(H,54,71)(H,55,69)(H,56,72)(H2,75,76,77). The van der Waals surface area contributed by atoms with Gasteiger partial charge in [-0.15, -0.1) is 0 Å². The highest BCUT2D eigenvalue weighted by molar-refractivity contribution is 7.46. The number of fused-ring (bicyclic) bond motifs is 2. The van der Waals surface area contributed by atoms with E-state index in [0.717, 1.165) is 69.7 Å². The van der Waals surface area contributed by atoms with E-state index in [1.165, 1.54) is 6.42 Å². The van der Waals surface area contributed by atoms with Gasteiger partial charge in [0, 0.05) is 32.4 Å². The Labute approximate surface area is 457 Å². The second-order valence-corrected chi connectivity index (χ2v) is 22.3. The molecule has 0 radical (unpaired) electrons. The van der Waals surface area contributed by atoms with Gasteiger partial charge in [0.15, 0.2) is 6.23 Å². The maximum Gasteiger partial charge on any atom is 0.524 e. The number of hydrogen-bond acceptors (Lipinski definition) is 18. The first-order chi connectivity index (χ1) is 37.0. The molecule has 28 nitrogen and oxygen atoms in total. The van der Waals surface area contributed by atoms with Gasteiger partial charge in [-0.3, -0.25) is 48.1 Å². The second kappa shape index (κ2) is 30.4. The normalized spacial score (nSPS) is 28.3. The number of aliphatic hydroxyl groups is 8. The predicted molar refractivity (Wildman–Crippen MR) is 276 cm³/mol. The van der Waals surface area contributed by atoms with Gasteiger partial charge in [0.05, 0.1) is 30.8 Å². The lowest BCUT2D eigenvalue weighted by Gasteiger charge is -2.34. The van der Waals surface area contributed by atoms with Crippen LogP contribution in [0.2, 0.25) is 0 Å². The number of amides is 8. The van der Waals surface area contributed by atoms with Crippen molar-refractivity contribution in [2.75, 3.05) is 13.1 Å². The Hall–Kier alpha value is -5.39. The van der Waals surface area contributed by atoms with Gasteiger partial charge in [-0.1, -0.05) is 77.8 Å². The Balaban J connectivity index is 1.71. The molecule has 3 fully saturated rings. The molecule has 8 amide bonds. The predicted octanol–water partition coefficient (Wildman–Crippen LogP) is -3.58. The largest absolute Gasteiger partial charge is 0.524 e. The first-order valence-corrected chi connectivity index (χ1v) is 28.3. The van der Waals surface area contributed by atoms with Gasteiger partial charge in [0.1, 0.15) is 60.3 Å². The number of phosphoric ester groups is 1. The Bertz CT molecular complexity index is 2290. The monoisotopic (exact) mass is 1140 g/mol. The molecule has 0 bridgehead atoms. The van der Waals surface area contributed by atoms with Crippen LogP contribution >= 0.6 is 7.82 Å². The molecule has 3 aliphatic rings. The van der Waals surface area contributed by atoms with E-state index >= 15 is 0 Å². The molecule has 16 unspecified atom stereocenters. The molecule has 17 N–H and O–H groups in total. The molecule has 4 rings (SSSR count). The lowest BCUT2D eigenvalue weighted by atomic mass is 9.91. The summed E-state index contributed by atoms with van der Waals surface area (Å²) in [5, 5.41) is 101. The van der Waals surface area contributed by atoms with Crippen LogP contribution in [0, 0.1) is 11.8 Å². The van der Waals surface area contributed by atoms with Crippen LogP contribution in [0.3, 0.4) is 0 Å². The highest BCUT2D eigenvalue weighted by atomic mass is 31.2. The molecule has 16 atom stereocenters. The minimum atomic E-state index is -5.07. The van der Waals surface area contributed by atoms with Gasteiger partial charge in [0.2, 0.25) is 47.3 Å².